The quantitative estimate of drug-likeness (QED) is 0.437. The summed E-state index contributed by atoms with van der Waals surface area (Å²) in [6, 6.07) is 1.47. The number of aromatic hydroxyl groups is 3. The summed E-state index contributed by atoms with van der Waals surface area (Å²) in [5, 5.41) is 42.6. The van der Waals surface area contributed by atoms with Crippen LogP contribution in [-0.4, -0.2) is 56.6 Å². The number of benzene rings is 2. The molecule has 38 heavy (non-hydrogen) atoms. The highest BCUT2D eigenvalue weighted by molar-refractivity contribution is 5.83. The van der Waals surface area contributed by atoms with E-state index >= 15 is 0 Å². The van der Waals surface area contributed by atoms with E-state index in [1.54, 1.807) is 13.8 Å². The number of fused-ring (bicyclic) bond motifs is 6. The van der Waals surface area contributed by atoms with Gasteiger partial charge in [-0.2, -0.15) is 0 Å². The molecule has 6 atom stereocenters. The summed E-state index contributed by atoms with van der Waals surface area (Å²) in [5.74, 6) is -1.72. The summed E-state index contributed by atoms with van der Waals surface area (Å²) in [6.45, 7) is 7.18. The van der Waals surface area contributed by atoms with Gasteiger partial charge in [0.15, 0.2) is 17.8 Å². The Bertz CT molecular complexity index is 1320. The molecule has 0 saturated carbocycles. The van der Waals surface area contributed by atoms with Crippen molar-refractivity contribution in [2.45, 2.75) is 102 Å². The number of hydrogen-bond donors (Lipinski definition) is 4. The molecule has 2 fully saturated rings. The van der Waals surface area contributed by atoms with Gasteiger partial charge in [0.05, 0.1) is 23.9 Å². The topological polar surface area (TPSA) is 135 Å². The van der Waals surface area contributed by atoms with Gasteiger partial charge in [-0.25, -0.2) is 0 Å². The maximum absolute atomic E-state index is 11.9. The maximum atomic E-state index is 11.9. The molecule has 4 aliphatic rings. The number of aliphatic hydroxyl groups is 1. The van der Waals surface area contributed by atoms with Crippen LogP contribution < -0.4 is 9.47 Å². The molecule has 0 aliphatic carbocycles. The van der Waals surface area contributed by atoms with Crippen molar-refractivity contribution in [1.29, 1.82) is 0 Å². The van der Waals surface area contributed by atoms with E-state index < -0.39 is 17.7 Å². The molecule has 0 aromatic heterocycles. The Hall–Kier alpha value is -3.01. The lowest BCUT2D eigenvalue weighted by Crippen LogP contribution is -2.52. The van der Waals surface area contributed by atoms with Gasteiger partial charge in [0.1, 0.15) is 17.2 Å². The van der Waals surface area contributed by atoms with E-state index in [4.69, 9.17) is 18.9 Å². The van der Waals surface area contributed by atoms with Gasteiger partial charge in [-0.15, -0.1) is 0 Å². The summed E-state index contributed by atoms with van der Waals surface area (Å²) in [4.78, 5) is 11.9. The van der Waals surface area contributed by atoms with Crippen LogP contribution in [0.5, 0.6) is 28.7 Å². The van der Waals surface area contributed by atoms with Crippen LogP contribution in [0.1, 0.15) is 83.6 Å². The molecule has 6 rings (SSSR count). The molecule has 0 unspecified atom stereocenters. The average molecular weight is 527 g/mol. The van der Waals surface area contributed by atoms with Gasteiger partial charge in [0, 0.05) is 47.9 Å². The second-order valence-corrected chi connectivity index (χ2v) is 11.6. The largest absolute Gasteiger partial charge is 0.508 e. The third-order valence-electron chi connectivity index (χ3n) is 8.57. The van der Waals surface area contributed by atoms with Crippen molar-refractivity contribution in [3.8, 4) is 28.7 Å². The average Bonchev–Trinajstić information content (AvgIpc) is 3.17. The molecule has 4 aliphatic heterocycles. The highest BCUT2D eigenvalue weighted by atomic mass is 16.7. The lowest BCUT2D eigenvalue weighted by atomic mass is 9.76. The number of hydrogen-bond acceptors (Lipinski definition) is 9. The smallest absolute Gasteiger partial charge is 0.217 e. The molecule has 1 spiro atoms. The normalized spacial score (nSPS) is 33.3. The fourth-order valence-corrected chi connectivity index (χ4v) is 7.03. The number of phenols is 3. The van der Waals surface area contributed by atoms with Gasteiger partial charge in [0.25, 0.3) is 0 Å². The maximum Gasteiger partial charge on any atom is 0.217 e. The summed E-state index contributed by atoms with van der Waals surface area (Å²) >= 11 is 0. The minimum atomic E-state index is -1.17. The Balaban J connectivity index is 1.44. The van der Waals surface area contributed by atoms with Gasteiger partial charge in [-0.1, -0.05) is 0 Å². The molecule has 4 N–H and O–H groups in total. The first kappa shape index (κ1) is 25.3. The molecule has 204 valence electrons. The van der Waals surface area contributed by atoms with E-state index in [9.17, 15) is 25.2 Å². The van der Waals surface area contributed by atoms with Crippen LogP contribution in [0.3, 0.4) is 0 Å². The van der Waals surface area contributed by atoms with Crippen LogP contribution in [0.25, 0.3) is 0 Å². The monoisotopic (exact) mass is 526 g/mol. The standard InChI is InChI=1S/C29H34O9/c1-13-5-18-9-28(35-13,8-17-7-22(32)15(3)24(33)21(17)12-30)37-26-16(4)25(34)27-20(23(18)26)11-29(38-27)10-19(31)6-14(2)36-29/h7,12-14,18-19,31-34H,5-6,8-11H2,1-4H3/t13-,14-,18-,19-,28-,29+/m0/s1. The SMILES string of the molecule is Cc1c(O)cc(C[C@]23C[C@H](C[C@H](C)O2)c2c4c(c(O)c(C)c2O3)O[C@@]2(C4)C[C@@H](O)C[C@H](C)O2)c(C=O)c1O. The highest BCUT2D eigenvalue weighted by Gasteiger charge is 2.54. The molecule has 2 aromatic carbocycles. The molecule has 2 aromatic rings. The fraction of sp³-hybridized carbons (Fsp3) is 0.552. The van der Waals surface area contributed by atoms with Crippen LogP contribution in [-0.2, 0) is 22.3 Å². The minimum absolute atomic E-state index is 0.00700. The minimum Gasteiger partial charge on any atom is -0.508 e. The third kappa shape index (κ3) is 3.74. The van der Waals surface area contributed by atoms with Gasteiger partial charge < -0.3 is 39.4 Å². The van der Waals surface area contributed by atoms with E-state index in [1.807, 2.05) is 13.8 Å². The molecule has 9 nitrogen and oxygen atoms in total. The van der Waals surface area contributed by atoms with Crippen molar-refractivity contribution in [2.24, 2.45) is 0 Å². The lowest BCUT2D eigenvalue weighted by molar-refractivity contribution is -0.244. The molecule has 2 saturated heterocycles. The van der Waals surface area contributed by atoms with Crippen molar-refractivity contribution >= 4 is 6.29 Å². The molecule has 9 heteroatoms. The number of phenolic OH excluding ortho intramolecular Hbond substituents is 3. The van der Waals surface area contributed by atoms with Crippen LogP contribution in [0, 0.1) is 13.8 Å². The molecular weight excluding hydrogens is 492 g/mol. The van der Waals surface area contributed by atoms with E-state index in [2.05, 4.69) is 0 Å². The Morgan fingerprint density at radius 2 is 1.71 bits per heavy atom. The second kappa shape index (κ2) is 8.49. The summed E-state index contributed by atoms with van der Waals surface area (Å²) in [6.07, 6.45) is 2.18. The van der Waals surface area contributed by atoms with Crippen molar-refractivity contribution in [3.05, 3.63) is 39.4 Å². The lowest BCUT2D eigenvalue weighted by Gasteiger charge is -2.49. The Labute approximate surface area is 220 Å². The van der Waals surface area contributed by atoms with Crippen LogP contribution in [0.15, 0.2) is 6.07 Å². The Morgan fingerprint density at radius 1 is 0.974 bits per heavy atom. The van der Waals surface area contributed by atoms with E-state index in [0.29, 0.717) is 61.0 Å². The third-order valence-corrected chi connectivity index (χ3v) is 8.57. The fourth-order valence-electron chi connectivity index (χ4n) is 7.03. The molecule has 0 amide bonds. The first-order chi connectivity index (χ1) is 17.9. The van der Waals surface area contributed by atoms with Crippen LogP contribution >= 0.6 is 0 Å². The van der Waals surface area contributed by atoms with E-state index in [1.165, 1.54) is 6.07 Å². The van der Waals surface area contributed by atoms with Crippen molar-refractivity contribution < 1.29 is 44.2 Å². The predicted molar refractivity (Wildman–Crippen MR) is 135 cm³/mol. The molecule has 4 heterocycles. The van der Waals surface area contributed by atoms with Gasteiger partial charge in [-0.3, -0.25) is 4.79 Å². The van der Waals surface area contributed by atoms with Crippen LogP contribution in [0.4, 0.5) is 0 Å². The number of carbonyl (C=O) groups is 1. The number of ether oxygens (including phenoxy) is 4. The predicted octanol–water partition coefficient (Wildman–Crippen LogP) is 4.04. The molecule has 2 bridgehead atoms. The van der Waals surface area contributed by atoms with E-state index in [0.717, 1.165) is 11.1 Å². The summed E-state index contributed by atoms with van der Waals surface area (Å²) in [5.41, 5.74) is 3.04. The van der Waals surface area contributed by atoms with Crippen molar-refractivity contribution in [1.82, 2.24) is 0 Å². The summed E-state index contributed by atoms with van der Waals surface area (Å²) < 4.78 is 25.5. The van der Waals surface area contributed by atoms with Crippen molar-refractivity contribution in [3.63, 3.8) is 0 Å². The Morgan fingerprint density at radius 3 is 2.42 bits per heavy atom. The zero-order valence-corrected chi connectivity index (χ0v) is 22.0. The second-order valence-electron chi connectivity index (χ2n) is 11.6. The first-order valence-electron chi connectivity index (χ1n) is 13.2. The number of aliphatic hydroxyl groups excluding tert-OH is 1. The van der Waals surface area contributed by atoms with Gasteiger partial charge in [-0.05, 0) is 58.1 Å². The number of rotatable bonds is 3. The highest BCUT2D eigenvalue weighted by Crippen LogP contribution is 2.59. The number of aldehydes is 1. The number of carbonyl (C=O) groups excluding carboxylic acids is 1. The van der Waals surface area contributed by atoms with Crippen molar-refractivity contribution in [2.75, 3.05) is 0 Å². The van der Waals surface area contributed by atoms with Gasteiger partial charge >= 0.3 is 0 Å². The molecular formula is C29H34O9. The molecule has 0 radical (unpaired) electrons. The first-order valence-corrected chi connectivity index (χ1v) is 13.2. The van der Waals surface area contributed by atoms with Crippen LogP contribution in [0.2, 0.25) is 0 Å². The van der Waals surface area contributed by atoms with E-state index in [-0.39, 0.29) is 52.9 Å². The Kier molecular flexibility index (Phi) is 5.65. The zero-order valence-electron chi connectivity index (χ0n) is 22.0. The zero-order chi connectivity index (χ0) is 27.1. The van der Waals surface area contributed by atoms with Gasteiger partial charge in [0.2, 0.25) is 11.6 Å². The summed E-state index contributed by atoms with van der Waals surface area (Å²) in [7, 11) is 0.